The number of carboxylic acid groups (broad SMARTS) is 1. The molecule has 6 heteroatoms. The lowest BCUT2D eigenvalue weighted by Gasteiger charge is -2.29. The van der Waals surface area contributed by atoms with Crippen LogP contribution >= 0.6 is 11.6 Å². The molecule has 1 aromatic rings. The highest BCUT2D eigenvalue weighted by molar-refractivity contribution is 6.17. The molecular formula is C13H20ClN3O2. The number of hydrazine groups is 1. The molecule has 1 saturated heterocycles. The van der Waals surface area contributed by atoms with Crippen molar-refractivity contribution < 1.29 is 9.90 Å². The van der Waals surface area contributed by atoms with Crippen molar-refractivity contribution in [1.29, 1.82) is 0 Å². The van der Waals surface area contributed by atoms with Crippen molar-refractivity contribution in [2.24, 2.45) is 5.84 Å². The number of nitrogens with one attached hydrogen (secondary N) is 1. The largest absolute Gasteiger partial charge is 0.465 e. The second-order valence-electron chi connectivity index (χ2n) is 4.33. The van der Waals surface area contributed by atoms with Gasteiger partial charge in [-0.15, -0.1) is 11.6 Å². The Morgan fingerprint density at radius 1 is 1.37 bits per heavy atom. The maximum atomic E-state index is 10.4. The molecule has 19 heavy (non-hydrogen) atoms. The summed E-state index contributed by atoms with van der Waals surface area (Å²) in [7, 11) is 0. The molecule has 4 N–H and O–H groups in total. The van der Waals surface area contributed by atoms with Crippen LogP contribution in [-0.4, -0.2) is 35.2 Å². The molecule has 1 amide bonds. The number of rotatable bonds is 2. The van der Waals surface area contributed by atoms with Gasteiger partial charge in [0.2, 0.25) is 0 Å². The Bertz CT molecular complexity index is 367. The first-order valence-electron chi connectivity index (χ1n) is 6.21. The third-order valence-corrected chi connectivity index (χ3v) is 3.31. The Morgan fingerprint density at radius 3 is 2.32 bits per heavy atom. The van der Waals surface area contributed by atoms with Crippen molar-refractivity contribution >= 4 is 17.7 Å². The van der Waals surface area contributed by atoms with Crippen molar-refractivity contribution in [1.82, 2.24) is 10.3 Å². The Balaban J connectivity index is 0.000000200. The van der Waals surface area contributed by atoms with Crippen LogP contribution in [0.5, 0.6) is 0 Å². The highest BCUT2D eigenvalue weighted by atomic mass is 35.5. The van der Waals surface area contributed by atoms with Gasteiger partial charge in [-0.3, -0.25) is 11.3 Å². The number of benzene rings is 1. The van der Waals surface area contributed by atoms with E-state index in [0.717, 1.165) is 12.8 Å². The Labute approximate surface area is 118 Å². The lowest BCUT2D eigenvalue weighted by molar-refractivity contribution is 0.129. The molecule has 5 nitrogen and oxygen atoms in total. The second-order valence-corrected chi connectivity index (χ2v) is 4.60. The number of halogens is 1. The average Bonchev–Trinajstić information content (AvgIpc) is 2.48. The minimum atomic E-state index is -0.833. The van der Waals surface area contributed by atoms with Gasteiger partial charge in [0.1, 0.15) is 0 Å². The van der Waals surface area contributed by atoms with Crippen LogP contribution < -0.4 is 11.3 Å². The highest BCUT2D eigenvalue weighted by Crippen LogP contribution is 2.08. The number of carbonyl (C=O) groups is 1. The van der Waals surface area contributed by atoms with Gasteiger partial charge in [0, 0.05) is 25.0 Å². The zero-order valence-electron chi connectivity index (χ0n) is 10.8. The number of amides is 1. The van der Waals surface area contributed by atoms with E-state index in [1.807, 2.05) is 30.3 Å². The topological polar surface area (TPSA) is 78.6 Å². The van der Waals surface area contributed by atoms with E-state index in [9.17, 15) is 4.79 Å². The van der Waals surface area contributed by atoms with Crippen LogP contribution in [0.1, 0.15) is 18.4 Å². The Morgan fingerprint density at radius 2 is 1.95 bits per heavy atom. The van der Waals surface area contributed by atoms with Crippen LogP contribution in [0.3, 0.4) is 0 Å². The van der Waals surface area contributed by atoms with E-state index in [1.54, 1.807) is 0 Å². The molecule has 0 atom stereocenters. The molecule has 0 unspecified atom stereocenters. The molecule has 1 heterocycles. The first-order chi connectivity index (χ1) is 9.17. The number of likely N-dealkylation sites (tertiary alicyclic amines) is 1. The molecule has 0 radical (unpaired) electrons. The minimum absolute atomic E-state index is 0.283. The number of nitrogens with zero attached hydrogens (tertiary/aromatic N) is 1. The Hall–Kier alpha value is -1.30. The molecule has 0 spiro atoms. The standard InChI is InChI=1S/C7H7Cl.C6H13N3O2/c8-6-7-4-2-1-3-5-7;7-8-5-1-3-9(4-2-5)6(10)11/h1-5H,6H2;5,8H,1-4,7H2,(H,10,11). The van der Waals surface area contributed by atoms with Crippen molar-refractivity contribution in [2.45, 2.75) is 24.8 Å². The Kier molecular flexibility index (Phi) is 7.25. The van der Waals surface area contributed by atoms with E-state index < -0.39 is 6.09 Å². The van der Waals surface area contributed by atoms with Gasteiger partial charge in [-0.2, -0.15) is 0 Å². The zero-order chi connectivity index (χ0) is 14.1. The van der Waals surface area contributed by atoms with E-state index in [1.165, 1.54) is 10.5 Å². The van der Waals surface area contributed by atoms with Crippen molar-refractivity contribution in [3.8, 4) is 0 Å². The fraction of sp³-hybridized carbons (Fsp3) is 0.462. The van der Waals surface area contributed by atoms with E-state index in [0.29, 0.717) is 19.0 Å². The molecule has 106 valence electrons. The predicted octanol–water partition coefficient (Wildman–Crippen LogP) is 2.02. The summed E-state index contributed by atoms with van der Waals surface area (Å²) >= 11 is 5.53. The maximum Gasteiger partial charge on any atom is 0.407 e. The van der Waals surface area contributed by atoms with E-state index >= 15 is 0 Å². The van der Waals surface area contributed by atoms with Crippen LogP contribution in [0, 0.1) is 0 Å². The lowest BCUT2D eigenvalue weighted by Crippen LogP contribution is -2.46. The summed E-state index contributed by atoms with van der Waals surface area (Å²) in [5.74, 6) is 5.82. The normalized spacial score (nSPS) is 15.6. The van der Waals surface area contributed by atoms with Gasteiger partial charge < -0.3 is 10.0 Å². The summed E-state index contributed by atoms with van der Waals surface area (Å²) in [6, 6.07) is 10.2. The second kappa shape index (κ2) is 8.74. The number of piperidine rings is 1. The minimum Gasteiger partial charge on any atom is -0.465 e. The number of nitrogens with two attached hydrogens (primary N) is 1. The van der Waals surface area contributed by atoms with E-state index in [2.05, 4.69) is 5.43 Å². The molecule has 0 aromatic heterocycles. The van der Waals surface area contributed by atoms with Gasteiger partial charge >= 0.3 is 6.09 Å². The molecule has 0 aliphatic carbocycles. The smallest absolute Gasteiger partial charge is 0.407 e. The molecule has 1 aliphatic heterocycles. The quantitative estimate of drug-likeness (QED) is 0.441. The van der Waals surface area contributed by atoms with E-state index in [-0.39, 0.29) is 6.04 Å². The van der Waals surface area contributed by atoms with Gasteiger partial charge in [-0.25, -0.2) is 4.79 Å². The van der Waals surface area contributed by atoms with Gasteiger partial charge in [-0.1, -0.05) is 30.3 Å². The SMILES string of the molecule is ClCc1ccccc1.NNC1CCN(C(=O)O)CC1. The molecular weight excluding hydrogens is 266 g/mol. The summed E-state index contributed by atoms with van der Waals surface area (Å²) in [6.45, 7) is 1.17. The first-order valence-corrected chi connectivity index (χ1v) is 6.74. The summed E-state index contributed by atoms with van der Waals surface area (Å²) in [5.41, 5.74) is 3.82. The van der Waals surface area contributed by atoms with Crippen LogP contribution in [-0.2, 0) is 5.88 Å². The molecule has 1 aromatic carbocycles. The maximum absolute atomic E-state index is 10.4. The van der Waals surface area contributed by atoms with Crippen molar-refractivity contribution in [3.63, 3.8) is 0 Å². The fourth-order valence-corrected chi connectivity index (χ4v) is 1.98. The van der Waals surface area contributed by atoms with Crippen LogP contribution in [0.15, 0.2) is 30.3 Å². The monoisotopic (exact) mass is 285 g/mol. The molecule has 1 aliphatic rings. The summed E-state index contributed by atoms with van der Waals surface area (Å²) in [6.07, 6.45) is 0.784. The average molecular weight is 286 g/mol. The predicted molar refractivity (Wildman–Crippen MR) is 75.9 cm³/mol. The van der Waals surface area contributed by atoms with Gasteiger partial charge in [-0.05, 0) is 18.4 Å². The van der Waals surface area contributed by atoms with Crippen molar-refractivity contribution in [3.05, 3.63) is 35.9 Å². The lowest BCUT2D eigenvalue weighted by atomic mass is 10.1. The molecule has 0 saturated carbocycles. The van der Waals surface area contributed by atoms with Crippen LogP contribution in [0.25, 0.3) is 0 Å². The van der Waals surface area contributed by atoms with Crippen LogP contribution in [0.4, 0.5) is 4.79 Å². The van der Waals surface area contributed by atoms with Crippen molar-refractivity contribution in [2.75, 3.05) is 13.1 Å². The highest BCUT2D eigenvalue weighted by Gasteiger charge is 2.20. The first kappa shape index (κ1) is 15.8. The van der Waals surface area contributed by atoms with Gasteiger partial charge in [0.25, 0.3) is 0 Å². The summed E-state index contributed by atoms with van der Waals surface area (Å²) in [5, 5.41) is 8.57. The zero-order valence-corrected chi connectivity index (χ0v) is 11.5. The van der Waals surface area contributed by atoms with Crippen LogP contribution in [0.2, 0.25) is 0 Å². The van der Waals surface area contributed by atoms with Gasteiger partial charge in [0.05, 0.1) is 0 Å². The third-order valence-electron chi connectivity index (χ3n) is 3.00. The molecule has 0 bridgehead atoms. The summed E-state index contributed by atoms with van der Waals surface area (Å²) in [4.78, 5) is 11.8. The molecule has 2 rings (SSSR count). The third kappa shape index (κ3) is 5.92. The molecule has 1 fully saturated rings. The van der Waals surface area contributed by atoms with Gasteiger partial charge in [0.15, 0.2) is 0 Å². The van der Waals surface area contributed by atoms with E-state index in [4.69, 9.17) is 22.6 Å². The number of alkyl halides is 1. The summed E-state index contributed by atoms with van der Waals surface area (Å²) < 4.78 is 0. The number of hydrogen-bond acceptors (Lipinski definition) is 3. The fourth-order valence-electron chi connectivity index (χ4n) is 1.80. The number of hydrogen-bond donors (Lipinski definition) is 3.